The standard InChI is InChI=1S/C11H6ClFN4O3/c12-10-9(17(19)20)7(3-4-14-10)11(18)16-6-1-2-8(13)15-5-6/h1-5H,(H,16,18). The normalized spacial score (nSPS) is 10.1. The summed E-state index contributed by atoms with van der Waals surface area (Å²) in [6.07, 6.45) is 2.26. The molecule has 102 valence electrons. The van der Waals surface area contributed by atoms with Crippen LogP contribution in [0.5, 0.6) is 0 Å². The highest BCUT2D eigenvalue weighted by Gasteiger charge is 2.24. The maximum Gasteiger partial charge on any atom is 0.319 e. The van der Waals surface area contributed by atoms with Gasteiger partial charge in [0.05, 0.1) is 16.8 Å². The Bertz CT molecular complexity index is 678. The van der Waals surface area contributed by atoms with Gasteiger partial charge in [0, 0.05) is 6.20 Å². The maximum atomic E-state index is 12.6. The monoisotopic (exact) mass is 296 g/mol. The Hall–Kier alpha value is -2.61. The molecule has 0 aromatic carbocycles. The van der Waals surface area contributed by atoms with Crippen LogP contribution in [0.2, 0.25) is 5.15 Å². The number of aromatic nitrogens is 2. The third-order valence-corrected chi connectivity index (χ3v) is 2.57. The van der Waals surface area contributed by atoms with Crippen molar-refractivity contribution in [2.75, 3.05) is 5.32 Å². The number of carbonyl (C=O) groups excluding carboxylic acids is 1. The van der Waals surface area contributed by atoms with E-state index >= 15 is 0 Å². The van der Waals surface area contributed by atoms with Crippen molar-refractivity contribution >= 4 is 28.9 Å². The van der Waals surface area contributed by atoms with E-state index in [9.17, 15) is 19.3 Å². The van der Waals surface area contributed by atoms with Crippen molar-refractivity contribution in [1.82, 2.24) is 9.97 Å². The summed E-state index contributed by atoms with van der Waals surface area (Å²) >= 11 is 5.60. The molecule has 7 nitrogen and oxygen atoms in total. The SMILES string of the molecule is O=C(Nc1ccc(F)nc1)c1ccnc(Cl)c1[N+](=O)[O-]. The first kappa shape index (κ1) is 13.8. The van der Waals surface area contributed by atoms with E-state index in [1.54, 1.807) is 0 Å². The van der Waals surface area contributed by atoms with Crippen molar-refractivity contribution in [1.29, 1.82) is 0 Å². The molecule has 0 aliphatic rings. The van der Waals surface area contributed by atoms with Crippen LogP contribution >= 0.6 is 11.6 Å². The molecule has 0 unspecified atom stereocenters. The van der Waals surface area contributed by atoms with Gasteiger partial charge in [0.2, 0.25) is 11.1 Å². The first-order valence-corrected chi connectivity index (χ1v) is 5.58. The number of anilines is 1. The van der Waals surface area contributed by atoms with E-state index in [1.165, 1.54) is 12.3 Å². The summed E-state index contributed by atoms with van der Waals surface area (Å²) in [5, 5.41) is 12.8. The van der Waals surface area contributed by atoms with E-state index in [2.05, 4.69) is 15.3 Å². The summed E-state index contributed by atoms with van der Waals surface area (Å²) < 4.78 is 12.6. The number of nitrogens with zero attached hydrogens (tertiary/aromatic N) is 3. The minimum atomic E-state index is -0.798. The maximum absolute atomic E-state index is 12.6. The molecule has 1 N–H and O–H groups in total. The summed E-state index contributed by atoms with van der Waals surface area (Å²) in [6, 6.07) is 3.48. The largest absolute Gasteiger partial charge is 0.320 e. The Morgan fingerprint density at radius 3 is 2.70 bits per heavy atom. The molecule has 0 saturated heterocycles. The van der Waals surface area contributed by atoms with Gasteiger partial charge in [0.25, 0.3) is 5.91 Å². The number of nitro groups is 1. The van der Waals surface area contributed by atoms with E-state index in [4.69, 9.17) is 11.6 Å². The molecular weight excluding hydrogens is 291 g/mol. The van der Waals surface area contributed by atoms with Gasteiger partial charge in [0.1, 0.15) is 5.56 Å². The van der Waals surface area contributed by atoms with Crippen LogP contribution in [0.4, 0.5) is 15.8 Å². The van der Waals surface area contributed by atoms with Gasteiger partial charge in [-0.25, -0.2) is 9.97 Å². The number of hydrogen-bond acceptors (Lipinski definition) is 5. The predicted octanol–water partition coefficient (Wildman–Crippen LogP) is 2.43. The van der Waals surface area contributed by atoms with Crippen LogP contribution in [0.15, 0.2) is 30.6 Å². The molecule has 0 atom stereocenters. The Balaban J connectivity index is 2.32. The highest BCUT2D eigenvalue weighted by atomic mass is 35.5. The van der Waals surface area contributed by atoms with Crippen LogP contribution in [0, 0.1) is 16.1 Å². The number of pyridine rings is 2. The zero-order valence-corrected chi connectivity index (χ0v) is 10.5. The topological polar surface area (TPSA) is 98.0 Å². The molecule has 1 amide bonds. The van der Waals surface area contributed by atoms with Crippen molar-refractivity contribution in [3.8, 4) is 0 Å². The van der Waals surface area contributed by atoms with Crippen molar-refractivity contribution in [3.63, 3.8) is 0 Å². The lowest BCUT2D eigenvalue weighted by Crippen LogP contribution is -2.14. The molecule has 0 saturated carbocycles. The second kappa shape index (κ2) is 5.57. The van der Waals surface area contributed by atoms with Crippen molar-refractivity contribution in [2.24, 2.45) is 0 Å². The number of hydrogen-bond donors (Lipinski definition) is 1. The van der Waals surface area contributed by atoms with Crippen LogP contribution in [-0.2, 0) is 0 Å². The molecular formula is C11H6ClFN4O3. The van der Waals surface area contributed by atoms with E-state index in [0.717, 1.165) is 18.3 Å². The average Bonchev–Trinajstić information content (AvgIpc) is 2.40. The van der Waals surface area contributed by atoms with Crippen molar-refractivity contribution in [3.05, 3.63) is 57.4 Å². The van der Waals surface area contributed by atoms with Gasteiger partial charge in [-0.2, -0.15) is 4.39 Å². The Morgan fingerprint density at radius 2 is 2.10 bits per heavy atom. The lowest BCUT2D eigenvalue weighted by Gasteiger charge is -2.05. The van der Waals surface area contributed by atoms with Gasteiger partial charge < -0.3 is 5.32 Å². The number of carbonyl (C=O) groups is 1. The molecule has 0 spiro atoms. The van der Waals surface area contributed by atoms with Crippen LogP contribution in [0.3, 0.4) is 0 Å². The molecule has 2 aromatic heterocycles. The summed E-state index contributed by atoms with van der Waals surface area (Å²) in [6.45, 7) is 0. The van der Waals surface area contributed by atoms with Gasteiger partial charge >= 0.3 is 5.69 Å². The third-order valence-electron chi connectivity index (χ3n) is 2.29. The number of rotatable bonds is 3. The van der Waals surface area contributed by atoms with Crippen molar-refractivity contribution in [2.45, 2.75) is 0 Å². The lowest BCUT2D eigenvalue weighted by molar-refractivity contribution is -0.385. The first-order valence-electron chi connectivity index (χ1n) is 5.21. The molecule has 2 rings (SSSR count). The number of nitrogens with one attached hydrogen (secondary N) is 1. The molecule has 0 fully saturated rings. The van der Waals surface area contributed by atoms with Gasteiger partial charge in [-0.3, -0.25) is 14.9 Å². The first-order chi connectivity index (χ1) is 9.49. The summed E-state index contributed by atoms with van der Waals surface area (Å²) in [4.78, 5) is 28.9. The second-order valence-electron chi connectivity index (χ2n) is 3.58. The van der Waals surface area contributed by atoms with Gasteiger partial charge in [0.15, 0.2) is 0 Å². The molecule has 0 radical (unpaired) electrons. The Labute approximate surface area is 116 Å². The van der Waals surface area contributed by atoms with Gasteiger partial charge in [-0.15, -0.1) is 0 Å². The molecule has 0 aliphatic carbocycles. The second-order valence-corrected chi connectivity index (χ2v) is 3.94. The quantitative estimate of drug-likeness (QED) is 0.533. The van der Waals surface area contributed by atoms with Crippen molar-refractivity contribution < 1.29 is 14.1 Å². The van der Waals surface area contributed by atoms with Gasteiger partial charge in [-0.05, 0) is 18.2 Å². The predicted molar refractivity (Wildman–Crippen MR) is 68.0 cm³/mol. The van der Waals surface area contributed by atoms with E-state index in [-0.39, 0.29) is 16.4 Å². The Kier molecular flexibility index (Phi) is 3.85. The lowest BCUT2D eigenvalue weighted by atomic mass is 10.2. The highest BCUT2D eigenvalue weighted by molar-refractivity contribution is 6.32. The fourth-order valence-electron chi connectivity index (χ4n) is 1.43. The fourth-order valence-corrected chi connectivity index (χ4v) is 1.66. The molecule has 20 heavy (non-hydrogen) atoms. The van der Waals surface area contributed by atoms with Crippen LogP contribution in [-0.4, -0.2) is 20.8 Å². The Morgan fingerprint density at radius 1 is 1.35 bits per heavy atom. The van der Waals surface area contributed by atoms with Crippen LogP contribution < -0.4 is 5.32 Å². The van der Waals surface area contributed by atoms with E-state index in [0.29, 0.717) is 0 Å². The van der Waals surface area contributed by atoms with E-state index in [1.807, 2.05) is 0 Å². The summed E-state index contributed by atoms with van der Waals surface area (Å²) in [5.74, 6) is -1.48. The third kappa shape index (κ3) is 2.86. The number of amides is 1. The molecule has 9 heteroatoms. The summed E-state index contributed by atoms with van der Waals surface area (Å²) in [7, 11) is 0. The molecule has 2 heterocycles. The highest BCUT2D eigenvalue weighted by Crippen LogP contribution is 2.26. The smallest absolute Gasteiger partial charge is 0.319 e. The minimum Gasteiger partial charge on any atom is -0.320 e. The minimum absolute atomic E-state index is 0.193. The molecule has 0 bridgehead atoms. The number of halogens is 2. The summed E-state index contributed by atoms with van der Waals surface area (Å²) in [5.41, 5.74) is -0.653. The van der Waals surface area contributed by atoms with E-state index < -0.39 is 22.5 Å². The zero-order chi connectivity index (χ0) is 14.7. The fraction of sp³-hybridized carbons (Fsp3) is 0. The van der Waals surface area contributed by atoms with Gasteiger partial charge in [-0.1, -0.05) is 11.6 Å². The average molecular weight is 297 g/mol. The molecule has 2 aromatic rings. The molecule has 0 aliphatic heterocycles. The van der Waals surface area contributed by atoms with Crippen LogP contribution in [0.25, 0.3) is 0 Å². The van der Waals surface area contributed by atoms with Crippen LogP contribution in [0.1, 0.15) is 10.4 Å². The zero-order valence-electron chi connectivity index (χ0n) is 9.71.